The lowest BCUT2D eigenvalue weighted by atomic mass is 9.74. The van der Waals surface area contributed by atoms with Gasteiger partial charge in [0.15, 0.2) is 0 Å². The lowest BCUT2D eigenvalue weighted by Crippen LogP contribution is -2.57. The van der Waals surface area contributed by atoms with Crippen LogP contribution in [0.15, 0.2) is 30.4 Å². The summed E-state index contributed by atoms with van der Waals surface area (Å²) < 4.78 is 6.50. The predicted octanol–water partition coefficient (Wildman–Crippen LogP) is 4.80. The molecule has 41 heavy (non-hydrogen) atoms. The SMILES string of the molecule is CC[C@@H]1CCCCN1CCN1C(=O)[C@@H]2[C@H](C(=O)Nc3cc(Cl)cc(Cl)c3)[C@@H]3C=C[C@@]2(O3)[C@@H]1C(=O)NC1CCCCC1. The van der Waals surface area contributed by atoms with E-state index in [1.54, 1.807) is 23.1 Å². The van der Waals surface area contributed by atoms with E-state index in [1.807, 2.05) is 12.2 Å². The third kappa shape index (κ3) is 5.41. The number of carbonyl (C=O) groups excluding carboxylic acids is 3. The molecule has 6 atom stereocenters. The quantitative estimate of drug-likeness (QED) is 0.417. The summed E-state index contributed by atoms with van der Waals surface area (Å²) >= 11 is 12.3. The second-order valence-corrected chi connectivity index (χ2v) is 13.2. The molecule has 6 rings (SSSR count). The predicted molar refractivity (Wildman–Crippen MR) is 159 cm³/mol. The maximum Gasteiger partial charge on any atom is 0.246 e. The third-order valence-electron chi connectivity index (χ3n) is 9.86. The highest BCUT2D eigenvalue weighted by Gasteiger charge is 2.72. The van der Waals surface area contributed by atoms with Crippen LogP contribution >= 0.6 is 23.2 Å². The Kier molecular flexibility index (Phi) is 8.38. The second kappa shape index (κ2) is 11.9. The summed E-state index contributed by atoms with van der Waals surface area (Å²) in [5.41, 5.74) is -0.710. The van der Waals surface area contributed by atoms with Crippen molar-refractivity contribution in [2.75, 3.05) is 25.0 Å². The highest BCUT2D eigenvalue weighted by molar-refractivity contribution is 6.35. The van der Waals surface area contributed by atoms with E-state index >= 15 is 0 Å². The van der Waals surface area contributed by atoms with Gasteiger partial charge in [0.1, 0.15) is 11.6 Å². The van der Waals surface area contributed by atoms with Crippen LogP contribution in [-0.2, 0) is 19.1 Å². The van der Waals surface area contributed by atoms with Gasteiger partial charge in [-0.15, -0.1) is 0 Å². The Balaban J connectivity index is 1.27. The summed E-state index contributed by atoms with van der Waals surface area (Å²) in [5.74, 6) is -2.24. The Hall–Kier alpha value is -2.13. The highest BCUT2D eigenvalue weighted by Crippen LogP contribution is 2.55. The number of nitrogens with one attached hydrogen (secondary N) is 2. The van der Waals surface area contributed by atoms with Gasteiger partial charge in [0.05, 0.1) is 17.9 Å². The Morgan fingerprint density at radius 2 is 1.73 bits per heavy atom. The first-order valence-electron chi connectivity index (χ1n) is 15.3. The van der Waals surface area contributed by atoms with Crippen molar-refractivity contribution in [3.8, 4) is 0 Å². The van der Waals surface area contributed by atoms with Gasteiger partial charge >= 0.3 is 0 Å². The van der Waals surface area contributed by atoms with Gasteiger partial charge in [-0.05, 0) is 56.8 Å². The van der Waals surface area contributed by atoms with Crippen molar-refractivity contribution in [1.29, 1.82) is 0 Å². The fourth-order valence-electron chi connectivity index (χ4n) is 7.94. The molecule has 1 aliphatic carbocycles. The van der Waals surface area contributed by atoms with Crippen molar-refractivity contribution in [2.24, 2.45) is 11.8 Å². The number of likely N-dealkylation sites (tertiary alicyclic amines) is 2. The molecule has 2 bridgehead atoms. The van der Waals surface area contributed by atoms with Crippen molar-refractivity contribution < 1.29 is 19.1 Å². The van der Waals surface area contributed by atoms with Crippen molar-refractivity contribution in [3.63, 3.8) is 0 Å². The monoisotopic (exact) mass is 602 g/mol. The summed E-state index contributed by atoms with van der Waals surface area (Å²) in [7, 11) is 0. The van der Waals surface area contributed by atoms with Gasteiger partial charge in [0.25, 0.3) is 0 Å². The zero-order valence-corrected chi connectivity index (χ0v) is 25.1. The maximum atomic E-state index is 14.3. The molecule has 222 valence electrons. The van der Waals surface area contributed by atoms with Gasteiger partial charge in [-0.1, -0.05) is 68.0 Å². The number of hydrogen-bond acceptors (Lipinski definition) is 5. The van der Waals surface area contributed by atoms with E-state index in [1.165, 1.54) is 12.8 Å². The maximum absolute atomic E-state index is 14.3. The van der Waals surface area contributed by atoms with E-state index in [0.717, 1.165) is 51.5 Å². The number of ether oxygens (including phenoxy) is 1. The summed E-state index contributed by atoms with van der Waals surface area (Å²) in [6, 6.07) is 4.62. The Labute approximate surface area is 252 Å². The molecule has 0 unspecified atom stereocenters. The molecule has 5 aliphatic rings. The number of hydrogen-bond donors (Lipinski definition) is 2. The first-order valence-corrected chi connectivity index (χ1v) is 16.1. The number of halogens is 2. The number of carbonyl (C=O) groups is 3. The zero-order valence-electron chi connectivity index (χ0n) is 23.6. The first-order chi connectivity index (χ1) is 19.8. The average Bonchev–Trinajstić information content (AvgIpc) is 3.59. The molecule has 10 heteroatoms. The number of anilines is 1. The molecule has 0 radical (unpaired) electrons. The minimum atomic E-state index is -1.17. The fraction of sp³-hybridized carbons (Fsp3) is 0.645. The minimum Gasteiger partial charge on any atom is -0.359 e. The van der Waals surface area contributed by atoms with Crippen LogP contribution in [0.3, 0.4) is 0 Å². The number of nitrogens with zero attached hydrogens (tertiary/aromatic N) is 2. The molecule has 1 aromatic rings. The molecular formula is C31H40Cl2N4O4. The molecule has 1 spiro atoms. The average molecular weight is 604 g/mol. The van der Waals surface area contributed by atoms with Crippen LogP contribution in [0.5, 0.6) is 0 Å². The Morgan fingerprint density at radius 3 is 2.46 bits per heavy atom. The first kappa shape index (κ1) is 29.0. The number of piperidine rings is 1. The van der Waals surface area contributed by atoms with Crippen molar-refractivity contribution >= 4 is 46.6 Å². The van der Waals surface area contributed by atoms with Crippen molar-refractivity contribution in [3.05, 3.63) is 40.4 Å². The van der Waals surface area contributed by atoms with E-state index in [0.29, 0.717) is 34.9 Å². The van der Waals surface area contributed by atoms with Gasteiger partial charge in [-0.2, -0.15) is 0 Å². The van der Waals surface area contributed by atoms with Crippen LogP contribution in [0.1, 0.15) is 64.7 Å². The van der Waals surface area contributed by atoms with Gasteiger partial charge < -0.3 is 20.3 Å². The molecule has 3 amide bonds. The van der Waals surface area contributed by atoms with Gasteiger partial charge in [0.2, 0.25) is 17.7 Å². The van der Waals surface area contributed by atoms with Crippen LogP contribution < -0.4 is 10.6 Å². The summed E-state index contributed by atoms with van der Waals surface area (Å²) in [5, 5.41) is 6.97. The van der Waals surface area contributed by atoms with Crippen molar-refractivity contribution in [2.45, 2.75) is 94.5 Å². The summed E-state index contributed by atoms with van der Waals surface area (Å²) in [6.45, 7) is 4.34. The topological polar surface area (TPSA) is 91.0 Å². The van der Waals surface area contributed by atoms with Gasteiger partial charge in [-0.3, -0.25) is 19.3 Å². The number of rotatable bonds is 8. The largest absolute Gasteiger partial charge is 0.359 e. The van der Waals surface area contributed by atoms with E-state index in [-0.39, 0.29) is 23.8 Å². The molecule has 8 nitrogen and oxygen atoms in total. The summed E-state index contributed by atoms with van der Waals surface area (Å²) in [4.78, 5) is 46.2. The third-order valence-corrected chi connectivity index (χ3v) is 10.3. The molecular weight excluding hydrogens is 563 g/mol. The standard InChI is InChI=1S/C31H40Cl2N4O4/c1-2-23-10-6-7-13-36(23)14-15-37-27(29(39)34-21-8-4-3-5-9-21)31-12-11-24(41-31)25(26(31)30(37)40)28(38)35-22-17-19(32)16-20(33)18-22/h11-12,16-18,21,23-27H,2-10,13-15H2,1H3,(H,34,39)(H,35,38)/t23-,24+,25-,26+,27+,31+/m1/s1. The molecule has 1 aromatic carbocycles. The highest BCUT2D eigenvalue weighted by atomic mass is 35.5. The lowest BCUT2D eigenvalue weighted by Gasteiger charge is -2.38. The van der Waals surface area contributed by atoms with Crippen LogP contribution in [0.4, 0.5) is 5.69 Å². The van der Waals surface area contributed by atoms with E-state index in [2.05, 4.69) is 22.5 Å². The fourth-order valence-corrected chi connectivity index (χ4v) is 8.47. The number of amides is 3. The van der Waals surface area contributed by atoms with E-state index in [4.69, 9.17) is 27.9 Å². The Bertz CT molecular complexity index is 1200. The van der Waals surface area contributed by atoms with Crippen molar-refractivity contribution in [1.82, 2.24) is 15.1 Å². The van der Waals surface area contributed by atoms with Crippen LogP contribution in [0.25, 0.3) is 0 Å². The van der Waals surface area contributed by atoms with Gasteiger partial charge in [-0.25, -0.2) is 0 Å². The molecule has 4 fully saturated rings. The number of benzene rings is 1. The second-order valence-electron chi connectivity index (χ2n) is 12.3. The smallest absolute Gasteiger partial charge is 0.246 e. The van der Waals surface area contributed by atoms with Crippen LogP contribution in [0, 0.1) is 11.8 Å². The lowest BCUT2D eigenvalue weighted by molar-refractivity contribution is -0.141. The van der Waals surface area contributed by atoms with E-state index < -0.39 is 29.6 Å². The summed E-state index contributed by atoms with van der Waals surface area (Å²) in [6.07, 6.45) is 13.0. The zero-order chi connectivity index (χ0) is 28.7. The molecule has 4 aliphatic heterocycles. The molecule has 2 N–H and O–H groups in total. The molecule has 0 aromatic heterocycles. The minimum absolute atomic E-state index is 0.101. The Morgan fingerprint density at radius 1 is 1.00 bits per heavy atom. The van der Waals surface area contributed by atoms with Crippen LogP contribution in [-0.4, -0.2) is 77.0 Å². The normalized spacial score (nSPS) is 33.3. The number of fused-ring (bicyclic) bond motifs is 1. The molecule has 1 saturated carbocycles. The van der Waals surface area contributed by atoms with E-state index in [9.17, 15) is 14.4 Å². The van der Waals surface area contributed by atoms with Gasteiger partial charge in [0, 0.05) is 40.9 Å². The molecule has 4 heterocycles. The van der Waals surface area contributed by atoms with Crippen LogP contribution in [0.2, 0.25) is 10.0 Å². The molecule has 3 saturated heterocycles.